The van der Waals surface area contributed by atoms with Crippen LogP contribution in [0.2, 0.25) is 0 Å². The molecule has 0 aromatic carbocycles. The lowest BCUT2D eigenvalue weighted by molar-refractivity contribution is -0.0474. The molecule has 0 saturated heterocycles. The summed E-state index contributed by atoms with van der Waals surface area (Å²) in [5.41, 5.74) is 6.45. The average Bonchev–Trinajstić information content (AvgIpc) is 2.24. The lowest BCUT2D eigenvalue weighted by Crippen LogP contribution is -2.52. The van der Waals surface area contributed by atoms with Gasteiger partial charge in [0.1, 0.15) is 0 Å². The van der Waals surface area contributed by atoms with Crippen LogP contribution >= 0.6 is 0 Å². The third-order valence-corrected chi connectivity index (χ3v) is 5.52. The van der Waals surface area contributed by atoms with Crippen LogP contribution in [-0.2, 0) is 0 Å². The molecule has 92 valence electrons. The lowest BCUT2D eigenvalue weighted by Gasteiger charge is -2.56. The molecule has 4 rings (SSSR count). The highest BCUT2D eigenvalue weighted by Crippen LogP contribution is 2.57. The fraction of sp³-hybridized carbons (Fsp3) is 1.00. The van der Waals surface area contributed by atoms with Crippen molar-refractivity contribution in [2.45, 2.75) is 44.6 Å². The first-order valence-corrected chi connectivity index (χ1v) is 7.18. The zero-order chi connectivity index (χ0) is 11.1. The van der Waals surface area contributed by atoms with E-state index in [-0.39, 0.29) is 0 Å². The van der Waals surface area contributed by atoms with Crippen LogP contribution in [-0.4, -0.2) is 19.6 Å². The van der Waals surface area contributed by atoms with Crippen molar-refractivity contribution in [3.8, 4) is 0 Å². The number of nitrogens with two attached hydrogens (primary N) is 1. The van der Waals surface area contributed by atoms with E-state index in [4.69, 9.17) is 5.73 Å². The van der Waals surface area contributed by atoms with Crippen LogP contribution in [0.15, 0.2) is 0 Å². The smallest absolute Gasteiger partial charge is 0.00845 e. The molecule has 1 atom stereocenters. The highest BCUT2D eigenvalue weighted by molar-refractivity contribution is 5.00. The van der Waals surface area contributed by atoms with Crippen molar-refractivity contribution in [1.82, 2.24) is 5.32 Å². The molecule has 0 radical (unpaired) electrons. The summed E-state index contributed by atoms with van der Waals surface area (Å²) in [6, 6.07) is 0.461. The SMILES string of the molecule is CNCCC(N)C1C2CC3CC(C2)CC1C3. The van der Waals surface area contributed by atoms with Crippen molar-refractivity contribution in [2.24, 2.45) is 35.3 Å². The van der Waals surface area contributed by atoms with E-state index in [2.05, 4.69) is 5.32 Å². The van der Waals surface area contributed by atoms with E-state index in [1.54, 1.807) is 6.42 Å². The first kappa shape index (κ1) is 11.0. The molecule has 2 nitrogen and oxygen atoms in total. The van der Waals surface area contributed by atoms with Crippen molar-refractivity contribution in [1.29, 1.82) is 0 Å². The van der Waals surface area contributed by atoms with E-state index in [0.29, 0.717) is 6.04 Å². The quantitative estimate of drug-likeness (QED) is 0.763. The second-order valence-electron chi connectivity index (χ2n) is 6.56. The molecule has 16 heavy (non-hydrogen) atoms. The third-order valence-electron chi connectivity index (χ3n) is 5.52. The number of nitrogens with one attached hydrogen (secondary N) is 1. The van der Waals surface area contributed by atoms with Crippen LogP contribution in [0.4, 0.5) is 0 Å². The molecule has 4 aliphatic rings. The Kier molecular flexibility index (Phi) is 2.97. The largest absolute Gasteiger partial charge is 0.327 e. The fourth-order valence-electron chi connectivity index (χ4n) is 5.17. The molecule has 4 fully saturated rings. The minimum atomic E-state index is 0.461. The van der Waals surface area contributed by atoms with Crippen LogP contribution in [0.5, 0.6) is 0 Å². The minimum Gasteiger partial charge on any atom is -0.327 e. The Hall–Kier alpha value is -0.0800. The van der Waals surface area contributed by atoms with Gasteiger partial charge < -0.3 is 11.1 Å². The normalized spacial score (nSPS) is 47.2. The summed E-state index contributed by atoms with van der Waals surface area (Å²) in [6.07, 6.45) is 8.74. The standard InChI is InChI=1S/C14H26N2/c1-16-3-2-13(15)14-11-5-9-4-10(7-11)8-12(14)6-9/h9-14,16H,2-8,15H2,1H3. The molecule has 4 aliphatic carbocycles. The van der Waals surface area contributed by atoms with Gasteiger partial charge in [0.25, 0.3) is 0 Å². The molecule has 0 heterocycles. The molecule has 3 N–H and O–H groups in total. The predicted molar refractivity (Wildman–Crippen MR) is 67.1 cm³/mol. The molecule has 0 amide bonds. The van der Waals surface area contributed by atoms with Gasteiger partial charge in [0.15, 0.2) is 0 Å². The zero-order valence-corrected chi connectivity index (χ0v) is 10.5. The van der Waals surface area contributed by atoms with E-state index >= 15 is 0 Å². The van der Waals surface area contributed by atoms with E-state index < -0.39 is 0 Å². The van der Waals surface area contributed by atoms with Gasteiger partial charge in [-0.25, -0.2) is 0 Å². The molecule has 4 saturated carbocycles. The van der Waals surface area contributed by atoms with Gasteiger partial charge in [-0.2, -0.15) is 0 Å². The molecular formula is C14H26N2. The summed E-state index contributed by atoms with van der Waals surface area (Å²) in [4.78, 5) is 0. The number of hydrogen-bond donors (Lipinski definition) is 2. The van der Waals surface area contributed by atoms with Crippen LogP contribution in [0, 0.1) is 29.6 Å². The topological polar surface area (TPSA) is 38.0 Å². The Morgan fingerprint density at radius 1 is 1.06 bits per heavy atom. The van der Waals surface area contributed by atoms with Crippen LogP contribution in [0.25, 0.3) is 0 Å². The van der Waals surface area contributed by atoms with E-state index in [9.17, 15) is 0 Å². The Labute approximate surface area is 99.4 Å². The fourth-order valence-corrected chi connectivity index (χ4v) is 5.17. The maximum atomic E-state index is 6.45. The van der Waals surface area contributed by atoms with Gasteiger partial charge in [-0.05, 0) is 81.7 Å². The molecule has 0 aromatic rings. The summed E-state index contributed by atoms with van der Waals surface area (Å²) in [7, 11) is 2.03. The zero-order valence-electron chi connectivity index (χ0n) is 10.5. The first-order valence-electron chi connectivity index (χ1n) is 7.18. The average molecular weight is 222 g/mol. The highest BCUT2D eigenvalue weighted by Gasteiger charge is 2.49. The number of hydrogen-bond acceptors (Lipinski definition) is 2. The van der Waals surface area contributed by atoms with Gasteiger partial charge in [-0.1, -0.05) is 0 Å². The Balaban J connectivity index is 1.67. The van der Waals surface area contributed by atoms with Gasteiger partial charge in [-0.15, -0.1) is 0 Å². The first-order chi connectivity index (χ1) is 7.78. The summed E-state index contributed by atoms with van der Waals surface area (Å²) in [6.45, 7) is 1.09. The predicted octanol–water partition coefficient (Wildman–Crippen LogP) is 2.00. The molecule has 0 aromatic heterocycles. The van der Waals surface area contributed by atoms with Crippen molar-refractivity contribution >= 4 is 0 Å². The monoisotopic (exact) mass is 222 g/mol. The highest BCUT2D eigenvalue weighted by atomic mass is 14.8. The van der Waals surface area contributed by atoms with Crippen LogP contribution in [0.1, 0.15) is 38.5 Å². The summed E-state index contributed by atoms with van der Waals surface area (Å²) >= 11 is 0. The number of rotatable bonds is 4. The van der Waals surface area contributed by atoms with Gasteiger partial charge in [-0.3, -0.25) is 0 Å². The lowest BCUT2D eigenvalue weighted by atomic mass is 9.50. The molecule has 2 heteroatoms. The Bertz CT molecular complexity index is 223. The van der Waals surface area contributed by atoms with Gasteiger partial charge in [0.05, 0.1) is 0 Å². The van der Waals surface area contributed by atoms with E-state index in [1.807, 2.05) is 7.05 Å². The molecule has 0 spiro atoms. The maximum absolute atomic E-state index is 6.45. The van der Waals surface area contributed by atoms with Gasteiger partial charge in [0, 0.05) is 6.04 Å². The Morgan fingerprint density at radius 2 is 1.62 bits per heavy atom. The van der Waals surface area contributed by atoms with Crippen molar-refractivity contribution < 1.29 is 0 Å². The maximum Gasteiger partial charge on any atom is 0.00845 e. The Morgan fingerprint density at radius 3 is 2.12 bits per heavy atom. The molecule has 0 aliphatic heterocycles. The summed E-state index contributed by atoms with van der Waals surface area (Å²) in [5.74, 6) is 5.00. The molecule has 4 bridgehead atoms. The van der Waals surface area contributed by atoms with Crippen LogP contribution < -0.4 is 11.1 Å². The van der Waals surface area contributed by atoms with Crippen LogP contribution in [0.3, 0.4) is 0 Å². The summed E-state index contributed by atoms with van der Waals surface area (Å²) in [5, 5.41) is 3.24. The van der Waals surface area contributed by atoms with E-state index in [0.717, 1.165) is 36.1 Å². The second-order valence-corrected chi connectivity index (χ2v) is 6.56. The van der Waals surface area contributed by atoms with Gasteiger partial charge in [0.2, 0.25) is 0 Å². The molecule has 1 unspecified atom stereocenters. The minimum absolute atomic E-state index is 0.461. The van der Waals surface area contributed by atoms with Gasteiger partial charge >= 0.3 is 0 Å². The molecular weight excluding hydrogens is 196 g/mol. The summed E-state index contributed by atoms with van der Waals surface area (Å²) < 4.78 is 0. The van der Waals surface area contributed by atoms with Crippen molar-refractivity contribution in [3.63, 3.8) is 0 Å². The van der Waals surface area contributed by atoms with Crippen molar-refractivity contribution in [3.05, 3.63) is 0 Å². The second kappa shape index (κ2) is 4.30. The van der Waals surface area contributed by atoms with E-state index in [1.165, 1.54) is 32.1 Å². The van der Waals surface area contributed by atoms with Crippen molar-refractivity contribution in [2.75, 3.05) is 13.6 Å². The third kappa shape index (κ3) is 1.80.